The molecular formula is C14H13F3O. The molecule has 0 saturated carbocycles. The van der Waals surface area contributed by atoms with Gasteiger partial charge in [0, 0.05) is 0 Å². The Labute approximate surface area is 104 Å². The molecule has 1 aromatic carbocycles. The van der Waals surface area contributed by atoms with Crippen LogP contribution in [-0.4, -0.2) is 5.78 Å². The van der Waals surface area contributed by atoms with E-state index in [1.54, 1.807) is 19.1 Å². The van der Waals surface area contributed by atoms with Gasteiger partial charge in [0.05, 0.1) is 5.56 Å². The molecule has 0 spiro atoms. The maximum Gasteiger partial charge on any atom is 0.416 e. The van der Waals surface area contributed by atoms with Crippen LogP contribution in [0.3, 0.4) is 0 Å². The molecule has 18 heavy (non-hydrogen) atoms. The fraction of sp³-hybridized carbons (Fsp3) is 0.214. The fourth-order valence-electron chi connectivity index (χ4n) is 1.38. The first kappa shape index (κ1) is 14.2. The summed E-state index contributed by atoms with van der Waals surface area (Å²) >= 11 is 0. The molecule has 0 atom stereocenters. The van der Waals surface area contributed by atoms with Gasteiger partial charge in [-0.25, -0.2) is 0 Å². The molecule has 0 aliphatic rings. The Hall–Kier alpha value is -1.84. The van der Waals surface area contributed by atoms with Gasteiger partial charge in [-0.3, -0.25) is 4.79 Å². The van der Waals surface area contributed by atoms with Crippen LogP contribution in [0, 0.1) is 0 Å². The van der Waals surface area contributed by atoms with Gasteiger partial charge in [-0.1, -0.05) is 24.3 Å². The van der Waals surface area contributed by atoms with E-state index in [0.29, 0.717) is 5.56 Å². The predicted octanol–water partition coefficient (Wildman–Crippen LogP) is 4.25. The summed E-state index contributed by atoms with van der Waals surface area (Å²) in [7, 11) is 0. The zero-order chi connectivity index (χ0) is 13.8. The Morgan fingerprint density at radius 1 is 1.11 bits per heavy atom. The minimum absolute atomic E-state index is 0.0652. The van der Waals surface area contributed by atoms with Crippen LogP contribution >= 0.6 is 0 Å². The fourth-order valence-corrected chi connectivity index (χ4v) is 1.38. The molecule has 0 amide bonds. The first-order valence-electron chi connectivity index (χ1n) is 5.33. The SMILES string of the molecule is CC(=O)/C=C(C)/C=C/c1ccc(C(F)(F)F)cc1. The van der Waals surface area contributed by atoms with E-state index in [0.717, 1.165) is 17.7 Å². The number of allylic oxidation sites excluding steroid dienone is 3. The van der Waals surface area contributed by atoms with Crippen LogP contribution in [0.15, 0.2) is 42.0 Å². The first-order chi connectivity index (χ1) is 8.29. The van der Waals surface area contributed by atoms with E-state index >= 15 is 0 Å². The number of alkyl halides is 3. The lowest BCUT2D eigenvalue weighted by atomic mass is 10.1. The zero-order valence-corrected chi connectivity index (χ0v) is 10.1. The molecule has 0 aromatic heterocycles. The number of rotatable bonds is 3. The molecule has 0 radical (unpaired) electrons. The zero-order valence-electron chi connectivity index (χ0n) is 10.1. The van der Waals surface area contributed by atoms with Crippen molar-refractivity contribution < 1.29 is 18.0 Å². The van der Waals surface area contributed by atoms with E-state index in [4.69, 9.17) is 0 Å². The number of benzene rings is 1. The summed E-state index contributed by atoms with van der Waals surface area (Å²) < 4.78 is 36.9. The van der Waals surface area contributed by atoms with Gasteiger partial charge < -0.3 is 0 Å². The quantitative estimate of drug-likeness (QED) is 0.582. The molecule has 0 unspecified atom stereocenters. The lowest BCUT2D eigenvalue weighted by Gasteiger charge is -2.05. The average Bonchev–Trinajstić information content (AvgIpc) is 2.25. The summed E-state index contributed by atoms with van der Waals surface area (Å²) in [6, 6.07) is 4.84. The average molecular weight is 254 g/mol. The van der Waals surface area contributed by atoms with Crippen molar-refractivity contribution in [2.24, 2.45) is 0 Å². The van der Waals surface area contributed by atoms with Crippen LogP contribution in [0.25, 0.3) is 6.08 Å². The highest BCUT2D eigenvalue weighted by Gasteiger charge is 2.29. The largest absolute Gasteiger partial charge is 0.416 e. The Balaban J connectivity index is 2.82. The number of carbonyl (C=O) groups is 1. The van der Waals surface area contributed by atoms with Crippen molar-refractivity contribution in [2.75, 3.05) is 0 Å². The van der Waals surface area contributed by atoms with E-state index in [2.05, 4.69) is 0 Å². The minimum atomic E-state index is -4.31. The third-order valence-corrected chi connectivity index (χ3v) is 2.21. The molecule has 1 aromatic rings. The first-order valence-corrected chi connectivity index (χ1v) is 5.33. The van der Waals surface area contributed by atoms with Gasteiger partial charge in [0.2, 0.25) is 0 Å². The number of ketones is 1. The van der Waals surface area contributed by atoms with Crippen molar-refractivity contribution in [1.82, 2.24) is 0 Å². The van der Waals surface area contributed by atoms with E-state index in [-0.39, 0.29) is 5.78 Å². The van der Waals surface area contributed by atoms with Crippen molar-refractivity contribution in [3.8, 4) is 0 Å². The van der Waals surface area contributed by atoms with Crippen molar-refractivity contribution in [2.45, 2.75) is 20.0 Å². The third kappa shape index (κ3) is 4.57. The molecule has 96 valence electrons. The molecule has 0 fully saturated rings. The number of carbonyl (C=O) groups excluding carboxylic acids is 1. The molecule has 0 N–H and O–H groups in total. The second-order valence-electron chi connectivity index (χ2n) is 3.95. The van der Waals surface area contributed by atoms with Crippen LogP contribution in [-0.2, 0) is 11.0 Å². The summed E-state index contributed by atoms with van der Waals surface area (Å²) in [6.07, 6.45) is 0.492. The van der Waals surface area contributed by atoms with E-state index in [1.807, 2.05) is 0 Å². The summed E-state index contributed by atoms with van der Waals surface area (Å²) in [6.45, 7) is 3.19. The number of halogens is 3. The lowest BCUT2D eigenvalue weighted by Crippen LogP contribution is -2.03. The minimum Gasteiger partial charge on any atom is -0.295 e. The maximum atomic E-state index is 12.3. The Kier molecular flexibility index (Phi) is 4.48. The summed E-state index contributed by atoms with van der Waals surface area (Å²) in [5, 5.41) is 0. The van der Waals surface area contributed by atoms with Crippen molar-refractivity contribution in [1.29, 1.82) is 0 Å². The summed E-state index contributed by atoms with van der Waals surface area (Å²) in [5.41, 5.74) is 0.734. The van der Waals surface area contributed by atoms with Crippen molar-refractivity contribution >= 4 is 11.9 Å². The Morgan fingerprint density at radius 2 is 1.67 bits per heavy atom. The third-order valence-electron chi connectivity index (χ3n) is 2.21. The molecule has 0 heterocycles. The van der Waals surface area contributed by atoms with Gasteiger partial charge in [-0.05, 0) is 43.2 Å². The Bertz CT molecular complexity index is 479. The second kappa shape index (κ2) is 5.67. The number of hydrogen-bond acceptors (Lipinski definition) is 1. The topological polar surface area (TPSA) is 17.1 Å². The summed E-state index contributed by atoms with van der Waals surface area (Å²) in [5.74, 6) is -0.0652. The van der Waals surface area contributed by atoms with Gasteiger partial charge in [-0.15, -0.1) is 0 Å². The normalized spacial score (nSPS) is 13.1. The van der Waals surface area contributed by atoms with Gasteiger partial charge in [0.15, 0.2) is 5.78 Å². The van der Waals surface area contributed by atoms with Crippen LogP contribution < -0.4 is 0 Å². The van der Waals surface area contributed by atoms with Gasteiger partial charge in [-0.2, -0.15) is 13.2 Å². The van der Waals surface area contributed by atoms with Gasteiger partial charge in [0.1, 0.15) is 0 Å². The van der Waals surface area contributed by atoms with Crippen LogP contribution in [0.2, 0.25) is 0 Å². The molecule has 0 bridgehead atoms. The highest BCUT2D eigenvalue weighted by molar-refractivity contribution is 5.88. The summed E-state index contributed by atoms with van der Waals surface area (Å²) in [4.78, 5) is 10.8. The van der Waals surface area contributed by atoms with Crippen LogP contribution in [0.4, 0.5) is 13.2 Å². The van der Waals surface area contributed by atoms with Crippen molar-refractivity contribution in [3.05, 3.63) is 53.1 Å². The lowest BCUT2D eigenvalue weighted by molar-refractivity contribution is -0.137. The molecular weight excluding hydrogens is 241 g/mol. The standard InChI is InChI=1S/C14H13F3O/c1-10(9-11(2)18)3-4-12-5-7-13(8-6-12)14(15,16)17/h3-9H,1-2H3/b4-3+,10-9+. The molecule has 0 aliphatic carbocycles. The molecule has 0 aliphatic heterocycles. The highest BCUT2D eigenvalue weighted by Crippen LogP contribution is 2.29. The van der Waals surface area contributed by atoms with E-state index in [1.165, 1.54) is 25.1 Å². The molecule has 0 saturated heterocycles. The second-order valence-corrected chi connectivity index (χ2v) is 3.95. The van der Waals surface area contributed by atoms with E-state index in [9.17, 15) is 18.0 Å². The Morgan fingerprint density at radius 3 is 2.11 bits per heavy atom. The number of hydrogen-bond donors (Lipinski definition) is 0. The van der Waals surface area contributed by atoms with Crippen LogP contribution in [0.5, 0.6) is 0 Å². The monoisotopic (exact) mass is 254 g/mol. The van der Waals surface area contributed by atoms with Crippen molar-refractivity contribution in [3.63, 3.8) is 0 Å². The molecule has 1 rings (SSSR count). The molecule has 1 nitrogen and oxygen atoms in total. The molecule has 4 heteroatoms. The van der Waals surface area contributed by atoms with E-state index < -0.39 is 11.7 Å². The highest BCUT2D eigenvalue weighted by atomic mass is 19.4. The van der Waals surface area contributed by atoms with Gasteiger partial charge >= 0.3 is 6.18 Å². The van der Waals surface area contributed by atoms with Gasteiger partial charge in [0.25, 0.3) is 0 Å². The predicted molar refractivity (Wildman–Crippen MR) is 64.9 cm³/mol. The van der Waals surface area contributed by atoms with Crippen LogP contribution in [0.1, 0.15) is 25.0 Å². The maximum absolute atomic E-state index is 12.3. The smallest absolute Gasteiger partial charge is 0.295 e.